The van der Waals surface area contributed by atoms with Crippen LogP contribution in [0.2, 0.25) is 0 Å². The minimum Gasteiger partial charge on any atom is -0.460 e. The van der Waals surface area contributed by atoms with Gasteiger partial charge in [-0.1, -0.05) is 12.1 Å². The lowest BCUT2D eigenvalue weighted by Gasteiger charge is -2.31. The molecule has 6 nitrogen and oxygen atoms in total. The van der Waals surface area contributed by atoms with Crippen LogP contribution in [0.3, 0.4) is 0 Å². The third-order valence-corrected chi connectivity index (χ3v) is 3.84. The van der Waals surface area contributed by atoms with Crippen LogP contribution in [0.15, 0.2) is 40.8 Å². The van der Waals surface area contributed by atoms with Crippen molar-refractivity contribution >= 4 is 18.1 Å². The van der Waals surface area contributed by atoms with Gasteiger partial charge in [-0.15, -0.1) is 12.4 Å². The van der Waals surface area contributed by atoms with Crippen LogP contribution in [0.1, 0.15) is 12.7 Å². The van der Waals surface area contributed by atoms with Crippen molar-refractivity contribution in [3.8, 4) is 11.3 Å². The maximum Gasteiger partial charge on any atom is 0.270 e. The number of hydrogen-bond acceptors (Lipinski definition) is 5. The highest BCUT2D eigenvalue weighted by Crippen LogP contribution is 2.26. The average Bonchev–Trinajstić information content (AvgIpc) is 2.96. The Morgan fingerprint density at radius 2 is 2.22 bits per heavy atom. The summed E-state index contributed by atoms with van der Waals surface area (Å²) >= 11 is 0. The van der Waals surface area contributed by atoms with Gasteiger partial charge in [0.25, 0.3) is 5.69 Å². The fraction of sp³-hybridized carbons (Fsp3) is 0.375. The summed E-state index contributed by atoms with van der Waals surface area (Å²) in [7, 11) is 0. The molecule has 7 heteroatoms. The molecule has 0 saturated carbocycles. The van der Waals surface area contributed by atoms with Crippen LogP contribution in [0, 0.1) is 10.1 Å². The molecule has 0 spiro atoms. The summed E-state index contributed by atoms with van der Waals surface area (Å²) in [4.78, 5) is 12.8. The lowest BCUT2D eigenvalue weighted by molar-refractivity contribution is -0.384. The highest BCUT2D eigenvalue weighted by Gasteiger charge is 2.17. The molecule has 0 aliphatic carbocycles. The van der Waals surface area contributed by atoms with E-state index in [0.29, 0.717) is 11.8 Å². The molecular formula is C16H20ClN3O3. The normalized spacial score (nSPS) is 18.4. The molecule has 124 valence electrons. The van der Waals surface area contributed by atoms with Crippen molar-refractivity contribution < 1.29 is 9.34 Å². The SMILES string of the molecule is C[C@@H]1CN(Cc2ccc(-c3cccc([N+](=O)[O-])c3)o2)CCN1.Cl. The van der Waals surface area contributed by atoms with Crippen LogP contribution in [-0.4, -0.2) is 35.5 Å². The standard InChI is InChI=1S/C16H19N3O3.ClH/c1-12-10-18(8-7-17-12)11-15-5-6-16(22-15)13-3-2-4-14(9-13)19(20)21;/h2-6,9,12,17H,7-8,10-11H2,1H3;1H/t12-;/m1./s1. The van der Waals surface area contributed by atoms with Gasteiger partial charge in [-0.05, 0) is 19.1 Å². The van der Waals surface area contributed by atoms with Gasteiger partial charge in [0.1, 0.15) is 11.5 Å². The number of nitrogens with zero attached hydrogens (tertiary/aromatic N) is 2. The molecule has 1 fully saturated rings. The minimum atomic E-state index is -0.393. The van der Waals surface area contributed by atoms with Gasteiger partial charge in [0, 0.05) is 43.4 Å². The zero-order valence-electron chi connectivity index (χ0n) is 12.9. The number of nitro benzene ring substituents is 1. The Balaban J connectivity index is 0.00000192. The molecule has 3 rings (SSSR count). The fourth-order valence-corrected chi connectivity index (χ4v) is 2.77. The van der Waals surface area contributed by atoms with Gasteiger partial charge in [-0.25, -0.2) is 0 Å². The molecule has 2 heterocycles. The van der Waals surface area contributed by atoms with Crippen LogP contribution < -0.4 is 5.32 Å². The first kappa shape index (κ1) is 17.5. The number of hydrogen-bond donors (Lipinski definition) is 1. The summed E-state index contributed by atoms with van der Waals surface area (Å²) in [5.41, 5.74) is 0.806. The Labute approximate surface area is 141 Å². The molecule has 1 saturated heterocycles. The molecule has 1 aromatic carbocycles. The topological polar surface area (TPSA) is 71.5 Å². The number of nitrogens with one attached hydrogen (secondary N) is 1. The van der Waals surface area contributed by atoms with Crippen LogP contribution in [0.5, 0.6) is 0 Å². The molecule has 1 atom stereocenters. The molecule has 2 aromatic rings. The predicted molar refractivity (Wildman–Crippen MR) is 90.8 cm³/mol. The summed E-state index contributed by atoms with van der Waals surface area (Å²) in [5, 5.41) is 14.3. The number of furan rings is 1. The van der Waals surface area contributed by atoms with E-state index in [1.54, 1.807) is 6.07 Å². The molecule has 1 aliphatic heterocycles. The van der Waals surface area contributed by atoms with E-state index in [1.165, 1.54) is 12.1 Å². The maximum absolute atomic E-state index is 10.8. The van der Waals surface area contributed by atoms with Gasteiger partial charge in [-0.2, -0.15) is 0 Å². The molecule has 0 amide bonds. The van der Waals surface area contributed by atoms with Crippen molar-refractivity contribution in [2.24, 2.45) is 0 Å². The third kappa shape index (κ3) is 4.31. The summed E-state index contributed by atoms with van der Waals surface area (Å²) in [6, 6.07) is 10.8. The number of benzene rings is 1. The predicted octanol–water partition coefficient (Wildman–Crippen LogP) is 3.07. The van der Waals surface area contributed by atoms with Gasteiger partial charge >= 0.3 is 0 Å². The average molecular weight is 338 g/mol. The van der Waals surface area contributed by atoms with Gasteiger partial charge in [0.2, 0.25) is 0 Å². The summed E-state index contributed by atoms with van der Waals surface area (Å²) in [6.45, 7) is 5.91. The summed E-state index contributed by atoms with van der Waals surface area (Å²) in [5.74, 6) is 1.55. The first-order valence-electron chi connectivity index (χ1n) is 7.41. The number of nitro groups is 1. The number of non-ortho nitro benzene ring substituents is 1. The van der Waals surface area contributed by atoms with Crippen molar-refractivity contribution in [2.75, 3.05) is 19.6 Å². The molecule has 1 aliphatic rings. The Morgan fingerprint density at radius 1 is 1.39 bits per heavy atom. The van der Waals surface area contributed by atoms with Gasteiger partial charge < -0.3 is 9.73 Å². The van der Waals surface area contributed by atoms with Crippen molar-refractivity contribution in [1.82, 2.24) is 10.2 Å². The van der Waals surface area contributed by atoms with E-state index in [4.69, 9.17) is 4.42 Å². The molecule has 23 heavy (non-hydrogen) atoms. The second-order valence-corrected chi connectivity index (χ2v) is 5.66. The van der Waals surface area contributed by atoms with E-state index < -0.39 is 4.92 Å². The zero-order valence-corrected chi connectivity index (χ0v) is 13.7. The largest absolute Gasteiger partial charge is 0.460 e. The second-order valence-electron chi connectivity index (χ2n) is 5.66. The fourth-order valence-electron chi connectivity index (χ4n) is 2.77. The lowest BCUT2D eigenvalue weighted by Crippen LogP contribution is -2.48. The molecule has 0 bridgehead atoms. The monoisotopic (exact) mass is 337 g/mol. The highest BCUT2D eigenvalue weighted by atomic mass is 35.5. The van der Waals surface area contributed by atoms with Crippen LogP contribution in [0.4, 0.5) is 5.69 Å². The van der Waals surface area contributed by atoms with E-state index in [1.807, 2.05) is 18.2 Å². The van der Waals surface area contributed by atoms with Crippen molar-refractivity contribution in [3.63, 3.8) is 0 Å². The van der Waals surface area contributed by atoms with Crippen molar-refractivity contribution in [3.05, 3.63) is 52.3 Å². The first-order valence-corrected chi connectivity index (χ1v) is 7.41. The van der Waals surface area contributed by atoms with E-state index in [2.05, 4.69) is 17.1 Å². The number of piperazine rings is 1. The Morgan fingerprint density at radius 3 is 2.96 bits per heavy atom. The van der Waals surface area contributed by atoms with Gasteiger partial charge in [-0.3, -0.25) is 15.0 Å². The van der Waals surface area contributed by atoms with Gasteiger partial charge in [0.05, 0.1) is 11.5 Å². The Bertz CT molecular complexity index is 674. The third-order valence-electron chi connectivity index (χ3n) is 3.84. The Kier molecular flexibility index (Phi) is 5.76. The first-order chi connectivity index (χ1) is 10.6. The van der Waals surface area contributed by atoms with Crippen LogP contribution in [-0.2, 0) is 6.54 Å². The smallest absolute Gasteiger partial charge is 0.270 e. The van der Waals surface area contributed by atoms with Crippen molar-refractivity contribution in [1.29, 1.82) is 0 Å². The summed E-state index contributed by atoms with van der Waals surface area (Å²) < 4.78 is 5.86. The number of rotatable bonds is 4. The lowest BCUT2D eigenvalue weighted by atomic mass is 10.1. The second kappa shape index (κ2) is 7.59. The quantitative estimate of drug-likeness (QED) is 0.685. The van der Waals surface area contributed by atoms with E-state index in [0.717, 1.165) is 37.5 Å². The number of halogens is 1. The summed E-state index contributed by atoms with van der Waals surface area (Å²) in [6.07, 6.45) is 0. The molecule has 0 radical (unpaired) electrons. The van der Waals surface area contributed by atoms with E-state index >= 15 is 0 Å². The molecular weight excluding hydrogens is 318 g/mol. The Hall–Kier alpha value is -1.89. The maximum atomic E-state index is 10.8. The van der Waals surface area contributed by atoms with Crippen LogP contribution in [0.25, 0.3) is 11.3 Å². The van der Waals surface area contributed by atoms with Crippen LogP contribution >= 0.6 is 12.4 Å². The highest BCUT2D eigenvalue weighted by molar-refractivity contribution is 5.85. The zero-order chi connectivity index (χ0) is 15.5. The minimum absolute atomic E-state index is 0. The van der Waals surface area contributed by atoms with E-state index in [-0.39, 0.29) is 18.1 Å². The van der Waals surface area contributed by atoms with Gasteiger partial charge in [0.15, 0.2) is 0 Å². The molecule has 1 aromatic heterocycles. The van der Waals surface area contributed by atoms with E-state index in [9.17, 15) is 10.1 Å². The van der Waals surface area contributed by atoms with Crippen molar-refractivity contribution in [2.45, 2.75) is 19.5 Å². The molecule has 1 N–H and O–H groups in total. The molecule has 0 unspecified atom stereocenters.